The van der Waals surface area contributed by atoms with Crippen molar-refractivity contribution in [3.05, 3.63) is 48.0 Å². The number of carbonyl (C=O) groups is 1. The van der Waals surface area contributed by atoms with E-state index in [-0.39, 0.29) is 17.5 Å². The zero-order valence-electron chi connectivity index (χ0n) is 15.9. The van der Waals surface area contributed by atoms with Crippen LogP contribution in [0.1, 0.15) is 64.3 Å². The van der Waals surface area contributed by atoms with Crippen LogP contribution in [0.2, 0.25) is 0 Å². The van der Waals surface area contributed by atoms with Gasteiger partial charge in [0.15, 0.2) is 0 Å². The fourth-order valence-electron chi connectivity index (χ4n) is 2.86. The van der Waals surface area contributed by atoms with Gasteiger partial charge in [0.2, 0.25) is 0 Å². The van der Waals surface area contributed by atoms with Gasteiger partial charge in [-0.25, -0.2) is 4.79 Å². The molecule has 0 aliphatic carbocycles. The van der Waals surface area contributed by atoms with E-state index in [1.165, 1.54) is 19.3 Å². The van der Waals surface area contributed by atoms with Gasteiger partial charge >= 0.3 is 6.09 Å². The summed E-state index contributed by atoms with van der Waals surface area (Å²) in [5, 5.41) is 0.0151. The van der Waals surface area contributed by atoms with E-state index in [0.717, 1.165) is 17.7 Å². The first-order valence-corrected chi connectivity index (χ1v) is 10.3. The molecule has 0 spiro atoms. The highest BCUT2D eigenvalue weighted by atomic mass is 32.2. The van der Waals surface area contributed by atoms with E-state index in [0.29, 0.717) is 0 Å². The lowest BCUT2D eigenvalue weighted by Gasteiger charge is -2.31. The lowest BCUT2D eigenvalue weighted by atomic mass is 10.1. The largest absolute Gasteiger partial charge is 0.444 e. The molecule has 0 N–H and O–H groups in total. The zero-order valence-corrected chi connectivity index (χ0v) is 16.7. The minimum Gasteiger partial charge on any atom is -0.444 e. The Morgan fingerprint density at radius 1 is 1.28 bits per heavy atom. The number of thioether (sulfide) groups is 1. The van der Waals surface area contributed by atoms with Crippen molar-refractivity contribution >= 4 is 17.9 Å². The van der Waals surface area contributed by atoms with E-state index < -0.39 is 5.60 Å². The Kier molecular flexibility index (Phi) is 7.42. The highest BCUT2D eigenvalue weighted by molar-refractivity contribution is 7.99. The second kappa shape index (κ2) is 9.33. The van der Waals surface area contributed by atoms with E-state index in [1.807, 2.05) is 55.6 Å². The van der Waals surface area contributed by atoms with Crippen LogP contribution in [0.15, 0.2) is 42.5 Å². The van der Waals surface area contributed by atoms with Gasteiger partial charge in [-0.15, -0.1) is 11.8 Å². The molecule has 138 valence electrons. The van der Waals surface area contributed by atoms with Gasteiger partial charge in [-0.05, 0) is 39.2 Å². The van der Waals surface area contributed by atoms with Gasteiger partial charge < -0.3 is 4.74 Å². The molecule has 1 aliphatic rings. The topological polar surface area (TPSA) is 29.5 Å². The predicted octanol–water partition coefficient (Wildman–Crippen LogP) is 6.17. The third-order valence-electron chi connectivity index (χ3n) is 4.06. The number of hydrogen-bond acceptors (Lipinski definition) is 3. The van der Waals surface area contributed by atoms with Gasteiger partial charge in [0, 0.05) is 5.75 Å². The smallest absolute Gasteiger partial charge is 0.411 e. The molecule has 1 amide bonds. The lowest BCUT2D eigenvalue weighted by Crippen LogP contribution is -2.40. The fourth-order valence-corrected chi connectivity index (χ4v) is 4.26. The molecule has 1 aliphatic heterocycles. The molecular formula is C21H31NO2S. The molecule has 25 heavy (non-hydrogen) atoms. The summed E-state index contributed by atoms with van der Waals surface area (Å²) in [4.78, 5) is 14.8. The standard InChI is InChI=1S/C21H31NO2S/c1-5-6-7-8-12-15-18-16-25-19(17-13-10-9-11-14-17)22(18)20(23)24-21(2,3)4/h9-15,18-19H,5-8,16H2,1-4H3/b15-12+/t18-,19-/m1/s1. The van der Waals surface area contributed by atoms with Crippen LogP contribution in [0.5, 0.6) is 0 Å². The third-order valence-corrected chi connectivity index (χ3v) is 5.41. The number of nitrogens with zero attached hydrogens (tertiary/aromatic N) is 1. The zero-order chi connectivity index (χ0) is 18.3. The molecule has 4 heteroatoms. The molecule has 1 aromatic rings. The quantitative estimate of drug-likeness (QED) is 0.448. The molecule has 2 rings (SSSR count). The summed E-state index contributed by atoms with van der Waals surface area (Å²) in [7, 11) is 0. The number of allylic oxidation sites excluding steroid dienone is 1. The number of unbranched alkanes of at least 4 members (excludes halogenated alkanes) is 3. The van der Waals surface area contributed by atoms with E-state index in [4.69, 9.17) is 4.74 Å². The minimum atomic E-state index is -0.485. The van der Waals surface area contributed by atoms with Crippen LogP contribution < -0.4 is 0 Å². The number of hydrogen-bond donors (Lipinski definition) is 0. The molecule has 2 atom stereocenters. The molecule has 0 unspecified atom stereocenters. The third kappa shape index (κ3) is 6.10. The van der Waals surface area contributed by atoms with Gasteiger partial charge in [-0.2, -0.15) is 0 Å². The van der Waals surface area contributed by atoms with Crippen molar-refractivity contribution in [2.24, 2.45) is 0 Å². The van der Waals surface area contributed by atoms with Crippen LogP contribution in [-0.4, -0.2) is 28.4 Å². The summed E-state index contributed by atoms with van der Waals surface area (Å²) in [6, 6.07) is 10.3. The Bertz CT molecular complexity index is 565. The monoisotopic (exact) mass is 361 g/mol. The molecule has 3 nitrogen and oxygen atoms in total. The Morgan fingerprint density at radius 2 is 2.00 bits per heavy atom. The number of ether oxygens (including phenoxy) is 1. The first kappa shape index (κ1) is 19.9. The van der Waals surface area contributed by atoms with Crippen LogP contribution in [0.4, 0.5) is 4.79 Å². The van der Waals surface area contributed by atoms with Crippen molar-refractivity contribution in [2.45, 2.75) is 70.4 Å². The molecule has 0 saturated carbocycles. The SMILES string of the molecule is CCCCC/C=C/[C@@H]1CS[C@H](c2ccccc2)N1C(=O)OC(C)(C)C. The molecule has 1 aromatic carbocycles. The van der Waals surface area contributed by atoms with Gasteiger partial charge in [-0.3, -0.25) is 4.90 Å². The van der Waals surface area contributed by atoms with E-state index >= 15 is 0 Å². The van der Waals surface area contributed by atoms with Crippen LogP contribution in [0, 0.1) is 0 Å². The van der Waals surface area contributed by atoms with Crippen molar-refractivity contribution in [1.82, 2.24) is 4.90 Å². The maximum absolute atomic E-state index is 12.8. The minimum absolute atomic E-state index is 0.0151. The van der Waals surface area contributed by atoms with Crippen molar-refractivity contribution < 1.29 is 9.53 Å². The Balaban J connectivity index is 2.14. The molecule has 0 radical (unpaired) electrons. The summed E-state index contributed by atoms with van der Waals surface area (Å²) in [6.07, 6.45) is 8.96. The van der Waals surface area contributed by atoms with Crippen molar-refractivity contribution in [2.75, 3.05) is 5.75 Å². The van der Waals surface area contributed by atoms with Crippen molar-refractivity contribution in [3.63, 3.8) is 0 Å². The molecule has 1 saturated heterocycles. The van der Waals surface area contributed by atoms with Crippen LogP contribution in [0.25, 0.3) is 0 Å². The van der Waals surface area contributed by atoms with Crippen LogP contribution in [0.3, 0.4) is 0 Å². The fraction of sp³-hybridized carbons (Fsp3) is 0.571. The van der Waals surface area contributed by atoms with Crippen LogP contribution >= 0.6 is 11.8 Å². The van der Waals surface area contributed by atoms with E-state index in [9.17, 15) is 4.79 Å². The van der Waals surface area contributed by atoms with Crippen LogP contribution in [-0.2, 0) is 4.74 Å². The number of rotatable bonds is 6. The maximum atomic E-state index is 12.8. The Hall–Kier alpha value is -1.42. The second-order valence-corrected chi connectivity index (χ2v) is 8.59. The van der Waals surface area contributed by atoms with Gasteiger partial charge in [0.25, 0.3) is 0 Å². The lowest BCUT2D eigenvalue weighted by molar-refractivity contribution is 0.0207. The highest BCUT2D eigenvalue weighted by Gasteiger charge is 2.39. The summed E-state index contributed by atoms with van der Waals surface area (Å²) in [5.41, 5.74) is 0.668. The van der Waals surface area contributed by atoms with Gasteiger partial charge in [0.1, 0.15) is 11.0 Å². The Morgan fingerprint density at radius 3 is 2.64 bits per heavy atom. The van der Waals surface area contributed by atoms with Crippen molar-refractivity contribution in [1.29, 1.82) is 0 Å². The van der Waals surface area contributed by atoms with Crippen molar-refractivity contribution in [3.8, 4) is 0 Å². The molecule has 1 fully saturated rings. The van der Waals surface area contributed by atoms with Gasteiger partial charge in [0.05, 0.1) is 6.04 Å². The Labute approximate surface area is 156 Å². The first-order valence-electron chi connectivity index (χ1n) is 9.27. The summed E-state index contributed by atoms with van der Waals surface area (Å²) >= 11 is 1.81. The average Bonchev–Trinajstić information content (AvgIpc) is 2.98. The summed E-state index contributed by atoms with van der Waals surface area (Å²) in [5.74, 6) is 0.906. The molecule has 1 heterocycles. The molecule has 0 bridgehead atoms. The molecule has 0 aromatic heterocycles. The number of carbonyl (C=O) groups excluding carboxylic acids is 1. The average molecular weight is 362 g/mol. The normalized spacial score (nSPS) is 21.0. The highest BCUT2D eigenvalue weighted by Crippen LogP contribution is 2.42. The van der Waals surface area contributed by atoms with Gasteiger partial charge in [-0.1, -0.05) is 62.2 Å². The molecular weight excluding hydrogens is 330 g/mol. The second-order valence-electron chi connectivity index (χ2n) is 7.48. The summed E-state index contributed by atoms with van der Waals surface area (Å²) < 4.78 is 5.69. The summed E-state index contributed by atoms with van der Waals surface area (Å²) in [6.45, 7) is 7.97. The number of amides is 1. The predicted molar refractivity (Wildman–Crippen MR) is 107 cm³/mol. The van der Waals surface area contributed by atoms with E-state index in [2.05, 4.69) is 31.2 Å². The number of benzene rings is 1. The maximum Gasteiger partial charge on any atom is 0.411 e. The van der Waals surface area contributed by atoms with E-state index in [1.54, 1.807) is 0 Å². The first-order chi connectivity index (χ1) is 11.9.